The van der Waals surface area contributed by atoms with E-state index < -0.39 is 0 Å². The summed E-state index contributed by atoms with van der Waals surface area (Å²) in [5.41, 5.74) is 5.79. The second-order valence-electron chi connectivity index (χ2n) is 3.64. The molecule has 1 rings (SSSR count). The highest BCUT2D eigenvalue weighted by Crippen LogP contribution is 2.29. The predicted octanol–water partition coefficient (Wildman–Crippen LogP) is 1.97. The van der Waals surface area contributed by atoms with Gasteiger partial charge in [0.1, 0.15) is 0 Å². The van der Waals surface area contributed by atoms with Crippen LogP contribution in [0.4, 0.5) is 0 Å². The Morgan fingerprint density at radius 3 is 2.20 bits per heavy atom. The zero-order valence-electron chi connectivity index (χ0n) is 6.84. The highest BCUT2D eigenvalue weighted by molar-refractivity contribution is 4.77. The number of nitrogens with two attached hydrogens (primary N) is 1. The van der Waals surface area contributed by atoms with Crippen molar-refractivity contribution in [2.45, 2.75) is 38.6 Å². The van der Waals surface area contributed by atoms with Crippen LogP contribution in [0.1, 0.15) is 32.6 Å². The van der Waals surface area contributed by atoms with Crippen LogP contribution >= 0.6 is 0 Å². The fourth-order valence-corrected chi connectivity index (χ4v) is 1.71. The topological polar surface area (TPSA) is 26.0 Å². The molecule has 0 aromatic carbocycles. The van der Waals surface area contributed by atoms with Gasteiger partial charge in [0.15, 0.2) is 0 Å². The number of hydrogen-bond donors (Lipinski definition) is 1. The molecule has 1 radical (unpaired) electrons. The molecule has 59 valence electrons. The van der Waals surface area contributed by atoms with E-state index >= 15 is 0 Å². The van der Waals surface area contributed by atoms with Crippen LogP contribution < -0.4 is 5.73 Å². The Labute approximate surface area is 64.0 Å². The van der Waals surface area contributed by atoms with Crippen LogP contribution in [0, 0.1) is 18.8 Å². The largest absolute Gasteiger partial charge is 0.328 e. The molecule has 0 spiro atoms. The first-order valence-corrected chi connectivity index (χ1v) is 4.29. The van der Waals surface area contributed by atoms with E-state index in [0.717, 1.165) is 5.92 Å². The molecule has 10 heavy (non-hydrogen) atoms. The Kier molecular flexibility index (Phi) is 2.72. The lowest BCUT2D eigenvalue weighted by Gasteiger charge is -2.28. The summed E-state index contributed by atoms with van der Waals surface area (Å²) in [5, 5.41) is 0. The first kappa shape index (κ1) is 8.06. The Hall–Kier alpha value is -0.0400. The van der Waals surface area contributed by atoms with Crippen LogP contribution in [0.2, 0.25) is 0 Å². The van der Waals surface area contributed by atoms with E-state index in [2.05, 4.69) is 13.8 Å². The number of rotatable bonds is 1. The molecule has 1 heteroatoms. The molecule has 1 aliphatic rings. The first-order valence-electron chi connectivity index (χ1n) is 4.29. The summed E-state index contributed by atoms with van der Waals surface area (Å²) in [7, 11) is 0. The zero-order chi connectivity index (χ0) is 7.56. The molecule has 0 saturated heterocycles. The summed E-state index contributed by atoms with van der Waals surface area (Å²) in [6.07, 6.45) is 5.16. The van der Waals surface area contributed by atoms with Crippen molar-refractivity contribution in [3.63, 3.8) is 0 Å². The van der Waals surface area contributed by atoms with E-state index in [0.29, 0.717) is 12.0 Å². The highest BCUT2D eigenvalue weighted by atomic mass is 14.6. The quantitative estimate of drug-likeness (QED) is 0.592. The number of hydrogen-bond acceptors (Lipinski definition) is 1. The van der Waals surface area contributed by atoms with Crippen molar-refractivity contribution in [3.8, 4) is 0 Å². The van der Waals surface area contributed by atoms with Crippen LogP contribution in [0.15, 0.2) is 0 Å². The van der Waals surface area contributed by atoms with Gasteiger partial charge in [-0.15, -0.1) is 0 Å². The lowest BCUT2D eigenvalue weighted by Crippen LogP contribution is -2.29. The van der Waals surface area contributed by atoms with Gasteiger partial charge in [-0.3, -0.25) is 0 Å². The zero-order valence-corrected chi connectivity index (χ0v) is 6.84. The Balaban J connectivity index is 2.26. The van der Waals surface area contributed by atoms with E-state index in [1.54, 1.807) is 0 Å². The van der Waals surface area contributed by atoms with Crippen LogP contribution in [0.3, 0.4) is 0 Å². The third-order valence-corrected chi connectivity index (χ3v) is 2.63. The summed E-state index contributed by atoms with van der Waals surface area (Å²) in [5.74, 6) is 1.48. The molecule has 1 unspecified atom stereocenters. The van der Waals surface area contributed by atoms with Crippen molar-refractivity contribution in [1.29, 1.82) is 0 Å². The Morgan fingerprint density at radius 1 is 1.30 bits per heavy atom. The van der Waals surface area contributed by atoms with Gasteiger partial charge in [-0.1, -0.05) is 19.8 Å². The van der Waals surface area contributed by atoms with Gasteiger partial charge in [-0.05, 0) is 31.6 Å². The molecule has 0 aromatic heterocycles. The van der Waals surface area contributed by atoms with Crippen molar-refractivity contribution < 1.29 is 0 Å². The van der Waals surface area contributed by atoms with Crippen LogP contribution in [0.5, 0.6) is 0 Å². The maximum atomic E-state index is 5.79. The average molecular weight is 140 g/mol. The predicted molar refractivity (Wildman–Crippen MR) is 44.5 cm³/mol. The fourth-order valence-electron chi connectivity index (χ4n) is 1.71. The second-order valence-corrected chi connectivity index (χ2v) is 3.64. The van der Waals surface area contributed by atoms with Crippen molar-refractivity contribution in [1.82, 2.24) is 0 Å². The summed E-state index contributed by atoms with van der Waals surface area (Å²) in [6.45, 7) is 6.17. The standard InChI is InChI=1S/C9H18N/c1-7-3-5-9(6-4-7)8(2)10/h7-9H,1,3-6,10H2,2H3. The summed E-state index contributed by atoms with van der Waals surface area (Å²) < 4.78 is 0. The van der Waals surface area contributed by atoms with Gasteiger partial charge in [-0.2, -0.15) is 0 Å². The van der Waals surface area contributed by atoms with Crippen molar-refractivity contribution in [2.24, 2.45) is 17.6 Å². The Bertz CT molecular complexity index is 90.9. The van der Waals surface area contributed by atoms with Gasteiger partial charge in [0.05, 0.1) is 0 Å². The van der Waals surface area contributed by atoms with Gasteiger partial charge in [-0.25, -0.2) is 0 Å². The van der Waals surface area contributed by atoms with Crippen LogP contribution in [-0.2, 0) is 0 Å². The molecule has 1 saturated carbocycles. The third-order valence-electron chi connectivity index (χ3n) is 2.63. The van der Waals surface area contributed by atoms with E-state index in [4.69, 9.17) is 5.73 Å². The minimum Gasteiger partial charge on any atom is -0.328 e. The molecular weight excluding hydrogens is 122 g/mol. The van der Waals surface area contributed by atoms with Gasteiger partial charge in [0.25, 0.3) is 0 Å². The summed E-state index contributed by atoms with van der Waals surface area (Å²) in [4.78, 5) is 0. The van der Waals surface area contributed by atoms with Crippen molar-refractivity contribution in [3.05, 3.63) is 6.92 Å². The van der Waals surface area contributed by atoms with E-state index in [9.17, 15) is 0 Å². The molecule has 0 aliphatic heterocycles. The molecule has 1 atom stereocenters. The smallest absolute Gasteiger partial charge is 0.00387 e. The van der Waals surface area contributed by atoms with Gasteiger partial charge >= 0.3 is 0 Å². The summed E-state index contributed by atoms with van der Waals surface area (Å²) in [6, 6.07) is 0.396. The normalized spacial score (nSPS) is 37.5. The van der Waals surface area contributed by atoms with Gasteiger partial charge < -0.3 is 5.73 Å². The SMILES string of the molecule is [CH2]C1CCC(C(C)N)CC1. The molecule has 1 aliphatic carbocycles. The second kappa shape index (κ2) is 3.38. The monoisotopic (exact) mass is 140 g/mol. The van der Waals surface area contributed by atoms with E-state index in [-0.39, 0.29) is 0 Å². The molecule has 2 N–H and O–H groups in total. The maximum Gasteiger partial charge on any atom is 0.00387 e. The lowest BCUT2D eigenvalue weighted by atomic mass is 9.80. The van der Waals surface area contributed by atoms with Gasteiger partial charge in [0, 0.05) is 6.04 Å². The highest BCUT2D eigenvalue weighted by Gasteiger charge is 2.20. The molecule has 1 fully saturated rings. The maximum absolute atomic E-state index is 5.79. The van der Waals surface area contributed by atoms with Crippen LogP contribution in [-0.4, -0.2) is 6.04 Å². The van der Waals surface area contributed by atoms with E-state index in [1.165, 1.54) is 25.7 Å². The van der Waals surface area contributed by atoms with Crippen molar-refractivity contribution >= 4 is 0 Å². The van der Waals surface area contributed by atoms with Crippen molar-refractivity contribution in [2.75, 3.05) is 0 Å². The third kappa shape index (κ3) is 1.98. The minimum absolute atomic E-state index is 0.396. The molecule has 0 amide bonds. The van der Waals surface area contributed by atoms with Crippen LogP contribution in [0.25, 0.3) is 0 Å². The average Bonchev–Trinajstić information content (AvgIpc) is 1.88. The fraction of sp³-hybridized carbons (Fsp3) is 0.889. The Morgan fingerprint density at radius 2 is 1.80 bits per heavy atom. The molecule has 0 heterocycles. The lowest BCUT2D eigenvalue weighted by molar-refractivity contribution is 0.277. The molecule has 0 bridgehead atoms. The van der Waals surface area contributed by atoms with E-state index in [1.807, 2.05) is 0 Å². The minimum atomic E-state index is 0.396. The first-order chi connectivity index (χ1) is 4.70. The molecule has 0 aromatic rings. The molecule has 1 nitrogen and oxygen atoms in total. The molecular formula is C9H18N. The van der Waals surface area contributed by atoms with Gasteiger partial charge in [0.2, 0.25) is 0 Å². The summed E-state index contributed by atoms with van der Waals surface area (Å²) >= 11 is 0.